The molecule has 3 heteroatoms. The van der Waals surface area contributed by atoms with Gasteiger partial charge in [-0.3, -0.25) is 0 Å². The van der Waals surface area contributed by atoms with Crippen LogP contribution < -0.4 is 11.1 Å². The Labute approximate surface area is 60.2 Å². The second-order valence-corrected chi connectivity index (χ2v) is 2.16. The summed E-state index contributed by atoms with van der Waals surface area (Å²) in [7, 11) is 0. The van der Waals surface area contributed by atoms with E-state index in [0.29, 0.717) is 6.54 Å². The fourth-order valence-electron chi connectivity index (χ4n) is 0.753. The van der Waals surface area contributed by atoms with E-state index in [4.69, 9.17) is 10.2 Å². The topological polar surface area (TPSA) is 51.2 Å². The van der Waals surface area contributed by atoms with Crippen molar-refractivity contribution in [2.24, 2.45) is 5.73 Å². The Balaban J connectivity index is 2.42. The van der Waals surface area contributed by atoms with Crippen LogP contribution in [0, 0.1) is 6.92 Å². The number of nitrogens with two attached hydrogens (primary N) is 1. The third-order valence-electron chi connectivity index (χ3n) is 1.20. The molecule has 1 aromatic rings. The lowest BCUT2D eigenvalue weighted by Gasteiger charge is -1.96. The van der Waals surface area contributed by atoms with Gasteiger partial charge >= 0.3 is 0 Å². The van der Waals surface area contributed by atoms with Crippen molar-refractivity contribution < 1.29 is 4.42 Å². The Hall–Kier alpha value is -0.960. The second-order valence-electron chi connectivity index (χ2n) is 2.16. The van der Waals surface area contributed by atoms with Crippen molar-refractivity contribution in [2.75, 3.05) is 18.4 Å². The number of rotatable bonds is 3. The molecule has 3 N–H and O–H groups in total. The zero-order valence-electron chi connectivity index (χ0n) is 6.05. The first-order valence-electron chi connectivity index (χ1n) is 3.32. The molecule has 0 saturated carbocycles. The molecule has 0 spiro atoms. The molecule has 0 amide bonds. The summed E-state index contributed by atoms with van der Waals surface area (Å²) in [5.41, 5.74) is 6.29. The van der Waals surface area contributed by atoms with Gasteiger partial charge < -0.3 is 15.5 Å². The molecule has 1 aromatic heterocycles. The molecule has 0 bridgehead atoms. The molecule has 0 atom stereocenters. The number of furan rings is 1. The molecule has 3 nitrogen and oxygen atoms in total. The Morgan fingerprint density at radius 1 is 1.70 bits per heavy atom. The monoisotopic (exact) mass is 140 g/mol. The highest BCUT2D eigenvalue weighted by molar-refractivity contribution is 5.40. The predicted molar refractivity (Wildman–Crippen MR) is 41.0 cm³/mol. The van der Waals surface area contributed by atoms with Crippen molar-refractivity contribution in [1.82, 2.24) is 0 Å². The molecule has 56 valence electrons. The third kappa shape index (κ3) is 1.77. The average molecular weight is 140 g/mol. The van der Waals surface area contributed by atoms with Gasteiger partial charge in [0.25, 0.3) is 0 Å². The van der Waals surface area contributed by atoms with E-state index in [1.807, 2.05) is 13.0 Å². The van der Waals surface area contributed by atoms with Gasteiger partial charge in [-0.25, -0.2) is 0 Å². The molecule has 0 aliphatic rings. The van der Waals surface area contributed by atoms with Crippen LogP contribution in [0.5, 0.6) is 0 Å². The highest BCUT2D eigenvalue weighted by Crippen LogP contribution is 2.10. The van der Waals surface area contributed by atoms with Gasteiger partial charge in [0.05, 0.1) is 5.69 Å². The van der Waals surface area contributed by atoms with Gasteiger partial charge in [0.1, 0.15) is 12.0 Å². The normalized spacial score (nSPS) is 9.80. The molecule has 1 heterocycles. The number of aryl methyl sites for hydroxylation is 1. The lowest BCUT2D eigenvalue weighted by atomic mass is 10.4. The van der Waals surface area contributed by atoms with Crippen molar-refractivity contribution in [3.63, 3.8) is 0 Å². The summed E-state index contributed by atoms with van der Waals surface area (Å²) in [4.78, 5) is 0. The van der Waals surface area contributed by atoms with Crippen LogP contribution in [-0.4, -0.2) is 13.1 Å². The maximum Gasteiger partial charge on any atom is 0.114 e. The molecule has 0 aliphatic carbocycles. The van der Waals surface area contributed by atoms with Crippen LogP contribution in [0.25, 0.3) is 0 Å². The Bertz CT molecular complexity index is 195. The first-order valence-corrected chi connectivity index (χ1v) is 3.32. The van der Waals surface area contributed by atoms with Gasteiger partial charge in [-0.05, 0) is 6.92 Å². The molecular formula is C7H12N2O. The van der Waals surface area contributed by atoms with Gasteiger partial charge in [0.2, 0.25) is 0 Å². The van der Waals surface area contributed by atoms with Crippen LogP contribution in [0.15, 0.2) is 16.7 Å². The minimum atomic E-state index is 0.643. The van der Waals surface area contributed by atoms with Gasteiger partial charge in [0, 0.05) is 19.2 Å². The number of hydrogen-bond donors (Lipinski definition) is 2. The number of anilines is 1. The summed E-state index contributed by atoms with van der Waals surface area (Å²) in [5.74, 6) is 0.916. The maximum absolute atomic E-state index is 5.29. The third-order valence-corrected chi connectivity index (χ3v) is 1.20. The first-order chi connectivity index (χ1) is 4.83. The molecule has 0 fully saturated rings. The van der Waals surface area contributed by atoms with E-state index in [-0.39, 0.29) is 0 Å². The highest BCUT2D eigenvalue weighted by atomic mass is 16.3. The van der Waals surface area contributed by atoms with Gasteiger partial charge in [0.15, 0.2) is 0 Å². The average Bonchev–Trinajstić information content (AvgIpc) is 2.31. The van der Waals surface area contributed by atoms with Crippen LogP contribution in [0.4, 0.5) is 5.69 Å². The summed E-state index contributed by atoms with van der Waals surface area (Å²) < 4.78 is 5.06. The van der Waals surface area contributed by atoms with Gasteiger partial charge in [-0.15, -0.1) is 0 Å². The van der Waals surface area contributed by atoms with Crippen molar-refractivity contribution in [3.8, 4) is 0 Å². The largest absolute Gasteiger partial charge is 0.467 e. The quantitative estimate of drug-likeness (QED) is 0.657. The van der Waals surface area contributed by atoms with E-state index in [1.165, 1.54) is 0 Å². The highest BCUT2D eigenvalue weighted by Gasteiger charge is 1.93. The predicted octanol–water partition coefficient (Wildman–Crippen LogP) is 0.959. The number of hydrogen-bond acceptors (Lipinski definition) is 3. The Morgan fingerprint density at radius 2 is 2.50 bits per heavy atom. The molecule has 0 aromatic carbocycles. The van der Waals surface area contributed by atoms with E-state index in [9.17, 15) is 0 Å². The summed E-state index contributed by atoms with van der Waals surface area (Å²) in [6, 6.07) is 1.94. The van der Waals surface area contributed by atoms with Crippen LogP contribution >= 0.6 is 0 Å². The lowest BCUT2D eigenvalue weighted by molar-refractivity contribution is 0.535. The fraction of sp³-hybridized carbons (Fsp3) is 0.429. The Morgan fingerprint density at radius 3 is 3.00 bits per heavy atom. The number of nitrogens with one attached hydrogen (secondary N) is 1. The lowest BCUT2D eigenvalue weighted by Crippen LogP contribution is -2.12. The minimum absolute atomic E-state index is 0.643. The minimum Gasteiger partial charge on any atom is -0.467 e. The van der Waals surface area contributed by atoms with E-state index >= 15 is 0 Å². The summed E-state index contributed by atoms with van der Waals surface area (Å²) in [5, 5.41) is 3.10. The summed E-state index contributed by atoms with van der Waals surface area (Å²) in [6.45, 7) is 3.34. The van der Waals surface area contributed by atoms with E-state index in [1.54, 1.807) is 6.26 Å². The van der Waals surface area contributed by atoms with E-state index in [2.05, 4.69) is 5.32 Å². The van der Waals surface area contributed by atoms with Crippen LogP contribution in [0.1, 0.15) is 5.76 Å². The molecule has 0 unspecified atom stereocenters. The van der Waals surface area contributed by atoms with Crippen molar-refractivity contribution in [1.29, 1.82) is 0 Å². The molecule has 0 saturated heterocycles. The van der Waals surface area contributed by atoms with Crippen molar-refractivity contribution >= 4 is 5.69 Å². The summed E-state index contributed by atoms with van der Waals surface area (Å²) >= 11 is 0. The standard InChI is InChI=1S/C7H12N2O/c1-6-4-7(5-10-6)9-3-2-8/h4-5,9H,2-3,8H2,1H3. The SMILES string of the molecule is Cc1cc(NCCN)co1. The van der Waals surface area contributed by atoms with E-state index in [0.717, 1.165) is 18.0 Å². The van der Waals surface area contributed by atoms with Crippen LogP contribution in [-0.2, 0) is 0 Å². The second kappa shape index (κ2) is 3.27. The van der Waals surface area contributed by atoms with Gasteiger partial charge in [-0.1, -0.05) is 0 Å². The molecule has 0 radical (unpaired) electrons. The molecule has 1 rings (SSSR count). The zero-order valence-corrected chi connectivity index (χ0v) is 6.05. The van der Waals surface area contributed by atoms with Crippen LogP contribution in [0.3, 0.4) is 0 Å². The van der Waals surface area contributed by atoms with Crippen molar-refractivity contribution in [2.45, 2.75) is 6.92 Å². The first kappa shape index (κ1) is 7.15. The van der Waals surface area contributed by atoms with Gasteiger partial charge in [-0.2, -0.15) is 0 Å². The van der Waals surface area contributed by atoms with Crippen LogP contribution in [0.2, 0.25) is 0 Å². The smallest absolute Gasteiger partial charge is 0.114 e. The molecule has 0 aliphatic heterocycles. The maximum atomic E-state index is 5.29. The Kier molecular flexibility index (Phi) is 2.34. The molecular weight excluding hydrogens is 128 g/mol. The van der Waals surface area contributed by atoms with Crippen molar-refractivity contribution in [3.05, 3.63) is 18.1 Å². The molecule has 10 heavy (non-hydrogen) atoms. The summed E-state index contributed by atoms with van der Waals surface area (Å²) in [6.07, 6.45) is 1.69. The fourth-order valence-corrected chi connectivity index (χ4v) is 0.753. The van der Waals surface area contributed by atoms with E-state index < -0.39 is 0 Å². The zero-order chi connectivity index (χ0) is 7.40.